The molecular weight excluding hydrogens is 299 g/mol. The van der Waals surface area contributed by atoms with E-state index in [9.17, 15) is 22.8 Å². The first-order valence-corrected chi connectivity index (χ1v) is 5.84. The van der Waals surface area contributed by atoms with Gasteiger partial charge < -0.3 is 5.32 Å². The van der Waals surface area contributed by atoms with Crippen LogP contribution in [0.1, 0.15) is 12.6 Å². The summed E-state index contributed by atoms with van der Waals surface area (Å²) in [6, 6.07) is 1.72. The normalized spacial score (nSPS) is 23.1. The van der Waals surface area contributed by atoms with Gasteiger partial charge in [0.05, 0.1) is 12.2 Å². The molecule has 108 valence electrons. The fourth-order valence-electron chi connectivity index (χ4n) is 1.73. The third-order valence-corrected chi connectivity index (χ3v) is 3.18. The molecule has 2 rings (SSSR count). The van der Waals surface area contributed by atoms with Crippen molar-refractivity contribution in [3.05, 3.63) is 29.0 Å². The summed E-state index contributed by atoms with van der Waals surface area (Å²) in [5, 5.41) is 1.96. The molecule has 1 saturated heterocycles. The smallest absolute Gasteiger partial charge is 0.316 e. The Kier molecular flexibility index (Phi) is 3.37. The summed E-state index contributed by atoms with van der Waals surface area (Å²) in [6.45, 7) is 0.246. The molecule has 1 aromatic rings. The maximum atomic E-state index is 12.8. The van der Waals surface area contributed by atoms with Crippen LogP contribution in [0, 0.1) is 0 Å². The van der Waals surface area contributed by atoms with Crippen molar-refractivity contribution in [2.45, 2.75) is 25.2 Å². The van der Waals surface area contributed by atoms with Crippen LogP contribution in [0.15, 0.2) is 18.3 Å². The van der Waals surface area contributed by atoms with Crippen molar-refractivity contribution in [3.63, 3.8) is 0 Å². The molecule has 1 unspecified atom stereocenters. The molecule has 0 bridgehead atoms. The van der Waals surface area contributed by atoms with Gasteiger partial charge in [0.25, 0.3) is 5.91 Å². The van der Waals surface area contributed by atoms with Crippen LogP contribution in [0.25, 0.3) is 0 Å². The Bertz CT molecular complexity index is 578. The number of aromatic nitrogens is 1. The quantitative estimate of drug-likeness (QED) is 0.851. The minimum absolute atomic E-state index is 0.215. The molecule has 0 saturated carbocycles. The van der Waals surface area contributed by atoms with E-state index >= 15 is 0 Å². The van der Waals surface area contributed by atoms with Crippen molar-refractivity contribution < 1.29 is 22.8 Å². The fourth-order valence-corrected chi connectivity index (χ4v) is 1.91. The van der Waals surface area contributed by atoms with Crippen LogP contribution in [-0.2, 0) is 11.3 Å². The Morgan fingerprint density at radius 1 is 1.45 bits per heavy atom. The van der Waals surface area contributed by atoms with E-state index in [1.165, 1.54) is 18.3 Å². The zero-order valence-corrected chi connectivity index (χ0v) is 10.9. The summed E-state index contributed by atoms with van der Waals surface area (Å²) in [6.07, 6.45) is -3.55. The molecule has 1 aromatic heterocycles. The number of hydrogen-bond acceptors (Lipinski definition) is 3. The summed E-state index contributed by atoms with van der Waals surface area (Å²) in [4.78, 5) is 27.7. The lowest BCUT2D eigenvalue weighted by Gasteiger charge is -2.24. The second-order valence-corrected chi connectivity index (χ2v) is 4.85. The van der Waals surface area contributed by atoms with E-state index in [0.29, 0.717) is 16.8 Å². The Hall–Kier alpha value is -1.83. The molecule has 0 aliphatic carbocycles. The second kappa shape index (κ2) is 4.62. The molecule has 1 fully saturated rings. The number of alkyl halides is 3. The van der Waals surface area contributed by atoms with Gasteiger partial charge in [0.15, 0.2) is 0 Å². The Morgan fingerprint density at radius 2 is 2.10 bits per heavy atom. The summed E-state index contributed by atoms with van der Waals surface area (Å²) < 4.78 is 38.5. The van der Waals surface area contributed by atoms with E-state index in [2.05, 4.69) is 4.98 Å². The van der Waals surface area contributed by atoms with E-state index in [-0.39, 0.29) is 12.2 Å². The van der Waals surface area contributed by atoms with Gasteiger partial charge >= 0.3 is 12.2 Å². The number of rotatable bonds is 2. The van der Waals surface area contributed by atoms with Gasteiger partial charge in [0.1, 0.15) is 0 Å². The van der Waals surface area contributed by atoms with Crippen LogP contribution in [0.4, 0.5) is 18.0 Å². The Morgan fingerprint density at radius 3 is 2.60 bits per heavy atom. The lowest BCUT2D eigenvalue weighted by Crippen LogP contribution is -2.56. The molecule has 20 heavy (non-hydrogen) atoms. The molecule has 2 heterocycles. The second-order valence-electron chi connectivity index (χ2n) is 4.41. The maximum absolute atomic E-state index is 12.8. The molecule has 0 spiro atoms. The number of imide groups is 1. The van der Waals surface area contributed by atoms with Gasteiger partial charge in [-0.1, -0.05) is 11.6 Å². The molecule has 5 nitrogen and oxygen atoms in total. The van der Waals surface area contributed by atoms with Crippen molar-refractivity contribution in [2.24, 2.45) is 0 Å². The molecule has 3 amide bonds. The van der Waals surface area contributed by atoms with Crippen molar-refractivity contribution in [3.8, 4) is 0 Å². The first kappa shape index (κ1) is 14.6. The number of nitrogens with one attached hydrogen (secondary N) is 1. The minimum Gasteiger partial charge on any atom is -0.316 e. The molecule has 1 N–H and O–H groups in total. The number of amides is 3. The number of nitrogens with zero attached hydrogens (tertiary/aromatic N) is 2. The third-order valence-electron chi connectivity index (χ3n) is 2.94. The fraction of sp³-hybridized carbons (Fsp3) is 0.364. The zero-order chi connectivity index (χ0) is 15.1. The molecule has 1 aliphatic rings. The minimum atomic E-state index is -4.88. The number of halogens is 4. The SMILES string of the molecule is CC1(C(F)(F)F)NC(=O)N(Cc2cc(Cl)ccn2)C1=O. The van der Waals surface area contributed by atoms with Crippen LogP contribution < -0.4 is 5.32 Å². The van der Waals surface area contributed by atoms with E-state index in [1.54, 1.807) is 5.32 Å². The molecule has 0 aromatic carbocycles. The number of hydrogen-bond donors (Lipinski definition) is 1. The average molecular weight is 308 g/mol. The highest BCUT2D eigenvalue weighted by atomic mass is 35.5. The Labute approximate surface area is 116 Å². The molecule has 1 aliphatic heterocycles. The lowest BCUT2D eigenvalue weighted by atomic mass is 10.0. The predicted octanol–water partition coefficient (Wildman–Crippen LogP) is 2.11. The first-order valence-electron chi connectivity index (χ1n) is 5.46. The maximum Gasteiger partial charge on any atom is 0.420 e. The summed E-state index contributed by atoms with van der Waals surface area (Å²) in [7, 11) is 0. The van der Waals surface area contributed by atoms with Gasteiger partial charge in [-0.2, -0.15) is 13.2 Å². The highest BCUT2D eigenvalue weighted by molar-refractivity contribution is 6.30. The predicted molar refractivity (Wildman–Crippen MR) is 62.8 cm³/mol. The third kappa shape index (κ3) is 2.31. The van der Waals surface area contributed by atoms with Gasteiger partial charge in [-0.3, -0.25) is 14.7 Å². The highest BCUT2D eigenvalue weighted by Crippen LogP contribution is 2.35. The van der Waals surface area contributed by atoms with E-state index in [0.717, 1.165) is 0 Å². The molecule has 1 atom stereocenters. The van der Waals surface area contributed by atoms with E-state index in [1.807, 2.05) is 0 Å². The van der Waals surface area contributed by atoms with Crippen molar-refractivity contribution in [1.29, 1.82) is 0 Å². The molecular formula is C11H9ClF3N3O2. The number of carbonyl (C=O) groups is 2. The van der Waals surface area contributed by atoms with Crippen LogP contribution in [0.3, 0.4) is 0 Å². The van der Waals surface area contributed by atoms with E-state index < -0.39 is 23.7 Å². The average Bonchev–Trinajstić information content (AvgIpc) is 2.53. The van der Waals surface area contributed by atoms with Crippen LogP contribution in [0.2, 0.25) is 5.02 Å². The summed E-state index contributed by atoms with van der Waals surface area (Å²) in [5.74, 6) is -1.36. The van der Waals surface area contributed by atoms with Gasteiger partial charge in [0.2, 0.25) is 5.54 Å². The van der Waals surface area contributed by atoms with Crippen molar-refractivity contribution in [2.75, 3.05) is 0 Å². The summed E-state index contributed by atoms with van der Waals surface area (Å²) in [5.41, 5.74) is -2.70. The van der Waals surface area contributed by atoms with E-state index in [4.69, 9.17) is 11.6 Å². The molecule has 9 heteroatoms. The lowest BCUT2D eigenvalue weighted by molar-refractivity contribution is -0.191. The van der Waals surface area contributed by atoms with Crippen LogP contribution in [-0.4, -0.2) is 33.5 Å². The summed E-state index contributed by atoms with van der Waals surface area (Å²) >= 11 is 5.71. The number of pyridine rings is 1. The van der Waals surface area contributed by atoms with Gasteiger partial charge in [-0.25, -0.2) is 4.79 Å². The Balaban J connectivity index is 2.26. The van der Waals surface area contributed by atoms with Gasteiger partial charge in [-0.15, -0.1) is 0 Å². The number of urea groups is 1. The van der Waals surface area contributed by atoms with Crippen LogP contribution >= 0.6 is 11.6 Å². The largest absolute Gasteiger partial charge is 0.420 e. The standard InChI is InChI=1S/C11H9ClF3N3O2/c1-10(11(13,14)15)8(19)18(9(20)17-10)5-7-4-6(12)2-3-16-7/h2-4H,5H2,1H3,(H,17,20). The topological polar surface area (TPSA) is 62.3 Å². The van der Waals surface area contributed by atoms with Gasteiger partial charge in [0, 0.05) is 11.2 Å². The zero-order valence-electron chi connectivity index (χ0n) is 10.2. The van der Waals surface area contributed by atoms with Crippen molar-refractivity contribution >= 4 is 23.5 Å². The number of carbonyl (C=O) groups excluding carboxylic acids is 2. The van der Waals surface area contributed by atoms with Crippen molar-refractivity contribution in [1.82, 2.24) is 15.2 Å². The van der Waals surface area contributed by atoms with Crippen LogP contribution in [0.5, 0.6) is 0 Å². The first-order chi connectivity index (χ1) is 9.15. The monoisotopic (exact) mass is 307 g/mol. The molecule has 0 radical (unpaired) electrons. The highest BCUT2D eigenvalue weighted by Gasteiger charge is 2.64. The van der Waals surface area contributed by atoms with Gasteiger partial charge in [-0.05, 0) is 19.1 Å².